The molecule has 0 bridgehead atoms. The Labute approximate surface area is 133 Å². The van der Waals surface area contributed by atoms with Crippen LogP contribution in [0.2, 0.25) is 0 Å². The van der Waals surface area contributed by atoms with Gasteiger partial charge in [-0.05, 0) is 49.2 Å². The fourth-order valence-corrected chi connectivity index (χ4v) is 2.22. The van der Waals surface area contributed by atoms with Crippen LogP contribution >= 0.6 is 0 Å². The van der Waals surface area contributed by atoms with Crippen molar-refractivity contribution < 1.29 is 4.39 Å². The molecule has 0 aliphatic rings. The highest BCUT2D eigenvalue weighted by Gasteiger charge is 2.06. The molecule has 3 aromatic rings. The summed E-state index contributed by atoms with van der Waals surface area (Å²) >= 11 is 0. The summed E-state index contributed by atoms with van der Waals surface area (Å²) in [7, 11) is 0. The van der Waals surface area contributed by atoms with Crippen molar-refractivity contribution in [1.29, 1.82) is 0 Å². The van der Waals surface area contributed by atoms with Crippen LogP contribution in [0, 0.1) is 19.7 Å². The first-order valence-electron chi connectivity index (χ1n) is 7.17. The van der Waals surface area contributed by atoms with Crippen molar-refractivity contribution in [2.45, 2.75) is 13.8 Å². The molecular formula is C17H16FN5. The van der Waals surface area contributed by atoms with Gasteiger partial charge in [0.15, 0.2) is 5.82 Å². The first-order valence-corrected chi connectivity index (χ1v) is 7.17. The Hall–Kier alpha value is -3.02. The lowest BCUT2D eigenvalue weighted by molar-refractivity contribution is 0.628. The summed E-state index contributed by atoms with van der Waals surface area (Å²) in [5.74, 6) is 0.634. The van der Waals surface area contributed by atoms with Gasteiger partial charge in [-0.25, -0.2) is 4.39 Å². The number of anilines is 4. The molecule has 0 unspecified atom stereocenters. The molecule has 3 rings (SSSR count). The van der Waals surface area contributed by atoms with Crippen molar-refractivity contribution in [2.75, 3.05) is 10.6 Å². The summed E-state index contributed by atoms with van der Waals surface area (Å²) in [6.07, 6.45) is 1.56. The van der Waals surface area contributed by atoms with Crippen LogP contribution in [-0.2, 0) is 0 Å². The molecule has 0 spiro atoms. The molecule has 0 fully saturated rings. The van der Waals surface area contributed by atoms with E-state index < -0.39 is 0 Å². The third kappa shape index (κ3) is 3.60. The van der Waals surface area contributed by atoms with Gasteiger partial charge in [-0.3, -0.25) is 0 Å². The van der Waals surface area contributed by atoms with Gasteiger partial charge in [-0.15, -0.1) is 5.10 Å². The maximum atomic E-state index is 12.9. The van der Waals surface area contributed by atoms with Crippen molar-refractivity contribution in [3.05, 3.63) is 65.6 Å². The summed E-state index contributed by atoms with van der Waals surface area (Å²) in [6.45, 7) is 4.06. The quantitative estimate of drug-likeness (QED) is 0.759. The molecule has 2 aromatic carbocycles. The summed E-state index contributed by atoms with van der Waals surface area (Å²) < 4.78 is 12.9. The summed E-state index contributed by atoms with van der Waals surface area (Å²) in [5.41, 5.74) is 3.94. The Morgan fingerprint density at radius 3 is 2.30 bits per heavy atom. The van der Waals surface area contributed by atoms with E-state index >= 15 is 0 Å². The lowest BCUT2D eigenvalue weighted by Gasteiger charge is -2.12. The first-order chi connectivity index (χ1) is 11.1. The lowest BCUT2D eigenvalue weighted by atomic mass is 10.1. The average Bonchev–Trinajstić information content (AvgIpc) is 2.54. The highest BCUT2D eigenvalue weighted by Crippen LogP contribution is 2.23. The predicted molar refractivity (Wildman–Crippen MR) is 88.7 cm³/mol. The number of halogens is 1. The average molecular weight is 309 g/mol. The molecule has 0 atom stereocenters. The summed E-state index contributed by atoms with van der Waals surface area (Å²) in [4.78, 5) is 4.38. The third-order valence-electron chi connectivity index (χ3n) is 3.39. The normalized spacial score (nSPS) is 10.4. The van der Waals surface area contributed by atoms with Gasteiger partial charge >= 0.3 is 0 Å². The Balaban J connectivity index is 1.81. The molecular weight excluding hydrogens is 293 g/mol. The van der Waals surface area contributed by atoms with Crippen molar-refractivity contribution in [2.24, 2.45) is 0 Å². The van der Waals surface area contributed by atoms with Gasteiger partial charge in [0.25, 0.3) is 0 Å². The molecule has 6 heteroatoms. The molecule has 0 radical (unpaired) electrons. The SMILES string of the molecule is Cc1cccc(C)c1Nc1cnnc(Nc2ccc(F)cc2)n1. The van der Waals surface area contributed by atoms with E-state index in [-0.39, 0.29) is 5.82 Å². The van der Waals surface area contributed by atoms with E-state index in [1.165, 1.54) is 12.1 Å². The Kier molecular flexibility index (Phi) is 4.14. The fraction of sp³-hybridized carbons (Fsp3) is 0.118. The van der Waals surface area contributed by atoms with Crippen molar-refractivity contribution in [1.82, 2.24) is 15.2 Å². The smallest absolute Gasteiger partial charge is 0.249 e. The second-order valence-corrected chi connectivity index (χ2v) is 5.19. The van der Waals surface area contributed by atoms with Crippen molar-refractivity contribution in [3.63, 3.8) is 0 Å². The second-order valence-electron chi connectivity index (χ2n) is 5.19. The molecule has 0 saturated heterocycles. The number of rotatable bonds is 4. The Bertz CT molecular complexity index is 797. The number of hydrogen-bond donors (Lipinski definition) is 2. The van der Waals surface area contributed by atoms with Gasteiger partial charge in [-0.1, -0.05) is 18.2 Å². The minimum absolute atomic E-state index is 0.292. The lowest BCUT2D eigenvalue weighted by Crippen LogP contribution is -2.03. The molecule has 116 valence electrons. The molecule has 1 aromatic heterocycles. The van der Waals surface area contributed by atoms with Crippen LogP contribution in [0.4, 0.5) is 27.5 Å². The monoisotopic (exact) mass is 309 g/mol. The highest BCUT2D eigenvalue weighted by molar-refractivity contribution is 5.64. The summed E-state index contributed by atoms with van der Waals surface area (Å²) in [5, 5.41) is 14.1. The zero-order valence-corrected chi connectivity index (χ0v) is 12.8. The van der Waals surface area contributed by atoms with E-state index in [4.69, 9.17) is 0 Å². The number of nitrogens with zero attached hydrogens (tertiary/aromatic N) is 3. The number of aromatic nitrogens is 3. The predicted octanol–water partition coefficient (Wildman–Crippen LogP) is 4.11. The molecule has 0 saturated carbocycles. The van der Waals surface area contributed by atoms with Crippen LogP contribution < -0.4 is 10.6 Å². The zero-order chi connectivity index (χ0) is 16.2. The van der Waals surface area contributed by atoms with E-state index in [1.807, 2.05) is 32.0 Å². The molecule has 0 aliphatic carbocycles. The highest BCUT2D eigenvalue weighted by atomic mass is 19.1. The maximum Gasteiger partial charge on any atom is 0.249 e. The van der Waals surface area contributed by atoms with Gasteiger partial charge in [0.1, 0.15) is 5.82 Å². The van der Waals surface area contributed by atoms with E-state index in [0.29, 0.717) is 17.5 Å². The van der Waals surface area contributed by atoms with Crippen LogP contribution in [0.15, 0.2) is 48.7 Å². The molecule has 5 nitrogen and oxygen atoms in total. The minimum Gasteiger partial charge on any atom is -0.338 e. The number of benzene rings is 2. The molecule has 0 amide bonds. The van der Waals surface area contributed by atoms with Gasteiger partial charge in [0.2, 0.25) is 5.95 Å². The van der Waals surface area contributed by atoms with E-state index in [1.54, 1.807) is 18.3 Å². The topological polar surface area (TPSA) is 62.7 Å². The molecule has 1 heterocycles. The second kappa shape index (κ2) is 6.39. The Morgan fingerprint density at radius 1 is 0.913 bits per heavy atom. The van der Waals surface area contributed by atoms with E-state index in [2.05, 4.69) is 25.8 Å². The van der Waals surface area contributed by atoms with Crippen LogP contribution in [0.3, 0.4) is 0 Å². The largest absolute Gasteiger partial charge is 0.338 e. The Morgan fingerprint density at radius 2 is 1.61 bits per heavy atom. The van der Waals surface area contributed by atoms with Gasteiger partial charge in [0.05, 0.1) is 6.20 Å². The maximum absolute atomic E-state index is 12.9. The molecule has 0 aliphatic heterocycles. The van der Waals surface area contributed by atoms with Gasteiger partial charge < -0.3 is 10.6 Å². The fourth-order valence-electron chi connectivity index (χ4n) is 2.22. The van der Waals surface area contributed by atoms with Gasteiger partial charge in [0, 0.05) is 11.4 Å². The molecule has 23 heavy (non-hydrogen) atoms. The van der Waals surface area contributed by atoms with Crippen LogP contribution in [0.1, 0.15) is 11.1 Å². The van der Waals surface area contributed by atoms with Crippen molar-refractivity contribution in [3.8, 4) is 0 Å². The summed E-state index contributed by atoms with van der Waals surface area (Å²) in [6, 6.07) is 12.0. The number of para-hydroxylation sites is 1. The molecule has 2 N–H and O–H groups in total. The zero-order valence-electron chi connectivity index (χ0n) is 12.8. The number of nitrogens with one attached hydrogen (secondary N) is 2. The van der Waals surface area contributed by atoms with Crippen LogP contribution in [0.25, 0.3) is 0 Å². The van der Waals surface area contributed by atoms with Crippen molar-refractivity contribution >= 4 is 23.1 Å². The number of hydrogen-bond acceptors (Lipinski definition) is 5. The van der Waals surface area contributed by atoms with E-state index in [0.717, 1.165) is 16.8 Å². The van der Waals surface area contributed by atoms with Crippen LogP contribution in [-0.4, -0.2) is 15.2 Å². The van der Waals surface area contributed by atoms with E-state index in [9.17, 15) is 4.39 Å². The van der Waals surface area contributed by atoms with Gasteiger partial charge in [-0.2, -0.15) is 10.1 Å². The standard InChI is InChI=1S/C17H16FN5/c1-11-4-3-5-12(2)16(11)21-15-10-19-23-17(22-15)20-14-8-6-13(18)7-9-14/h3-10H,1-2H3,(H2,20,21,22,23). The third-order valence-corrected chi connectivity index (χ3v) is 3.39. The van der Waals surface area contributed by atoms with Crippen LogP contribution in [0.5, 0.6) is 0 Å². The number of aryl methyl sites for hydroxylation is 2. The minimum atomic E-state index is -0.292. The first kappa shape index (κ1) is 14.9.